The number of rotatable bonds is 3. The Morgan fingerprint density at radius 3 is 2.38 bits per heavy atom. The summed E-state index contributed by atoms with van der Waals surface area (Å²) in [7, 11) is 0. The van der Waals surface area contributed by atoms with Crippen LogP contribution in [0.15, 0.2) is 24.3 Å². The van der Waals surface area contributed by atoms with Gasteiger partial charge in [0.05, 0.1) is 0 Å². The molecule has 0 unspecified atom stereocenters. The smallest absolute Gasteiger partial charge is 0.349 e. The van der Waals surface area contributed by atoms with E-state index in [4.69, 9.17) is 10.5 Å². The van der Waals surface area contributed by atoms with Crippen LogP contribution in [-0.4, -0.2) is 16.8 Å². The van der Waals surface area contributed by atoms with Crippen LogP contribution in [0.25, 0.3) is 0 Å². The number of benzene rings is 1. The standard InChI is InChI=1S/C10H11NO2/c1-7-2-4-8(5-3-7)6-9(11)10(12)13/h2-5,11H,6H2,1H3,(H,12,13). The molecule has 0 aliphatic carbocycles. The Morgan fingerprint density at radius 1 is 1.38 bits per heavy atom. The highest BCUT2D eigenvalue weighted by Gasteiger charge is 2.06. The van der Waals surface area contributed by atoms with Gasteiger partial charge in [-0.2, -0.15) is 0 Å². The molecule has 0 atom stereocenters. The van der Waals surface area contributed by atoms with E-state index in [1.807, 2.05) is 31.2 Å². The summed E-state index contributed by atoms with van der Waals surface area (Å²) in [5.74, 6) is -1.15. The van der Waals surface area contributed by atoms with E-state index in [0.29, 0.717) is 0 Å². The molecule has 2 N–H and O–H groups in total. The Bertz CT molecular complexity index is 327. The summed E-state index contributed by atoms with van der Waals surface area (Å²) in [6.45, 7) is 1.96. The van der Waals surface area contributed by atoms with Crippen molar-refractivity contribution in [2.24, 2.45) is 0 Å². The molecule has 3 nitrogen and oxygen atoms in total. The van der Waals surface area contributed by atoms with Crippen LogP contribution in [-0.2, 0) is 11.2 Å². The molecule has 0 aliphatic heterocycles. The Labute approximate surface area is 76.5 Å². The van der Waals surface area contributed by atoms with Crippen LogP contribution in [0.1, 0.15) is 11.1 Å². The molecule has 3 heteroatoms. The maximum atomic E-state index is 10.3. The molecule has 0 radical (unpaired) electrons. The lowest BCUT2D eigenvalue weighted by molar-refractivity contribution is -0.129. The van der Waals surface area contributed by atoms with Gasteiger partial charge in [-0.15, -0.1) is 0 Å². The van der Waals surface area contributed by atoms with Crippen LogP contribution in [0.3, 0.4) is 0 Å². The monoisotopic (exact) mass is 177 g/mol. The normalized spacial score (nSPS) is 9.62. The predicted octanol–water partition coefficient (Wildman–Crippen LogP) is 1.64. The maximum Gasteiger partial charge on any atom is 0.349 e. The number of carboxylic acids is 1. The zero-order valence-electron chi connectivity index (χ0n) is 7.37. The SMILES string of the molecule is Cc1ccc(CC(=N)C(=O)O)cc1. The van der Waals surface area contributed by atoms with Crippen LogP contribution in [0.2, 0.25) is 0 Å². The van der Waals surface area contributed by atoms with Crippen molar-refractivity contribution in [1.29, 1.82) is 5.41 Å². The zero-order chi connectivity index (χ0) is 9.84. The summed E-state index contributed by atoms with van der Waals surface area (Å²) in [5.41, 5.74) is 1.72. The topological polar surface area (TPSA) is 61.2 Å². The molecular weight excluding hydrogens is 166 g/mol. The second-order valence-corrected chi connectivity index (χ2v) is 2.95. The fourth-order valence-corrected chi connectivity index (χ4v) is 0.986. The van der Waals surface area contributed by atoms with E-state index in [0.717, 1.165) is 11.1 Å². The third kappa shape index (κ3) is 2.71. The van der Waals surface area contributed by atoms with Gasteiger partial charge in [0.15, 0.2) is 0 Å². The Hall–Kier alpha value is -1.64. The number of hydrogen-bond donors (Lipinski definition) is 2. The largest absolute Gasteiger partial charge is 0.477 e. The first-order valence-electron chi connectivity index (χ1n) is 3.96. The second-order valence-electron chi connectivity index (χ2n) is 2.95. The molecule has 0 aromatic heterocycles. The molecule has 0 bridgehead atoms. The van der Waals surface area contributed by atoms with Crippen molar-refractivity contribution in [2.75, 3.05) is 0 Å². The van der Waals surface area contributed by atoms with E-state index in [1.54, 1.807) is 0 Å². The molecule has 0 saturated carbocycles. The minimum Gasteiger partial charge on any atom is -0.477 e. The average molecular weight is 177 g/mol. The van der Waals surface area contributed by atoms with E-state index in [1.165, 1.54) is 0 Å². The van der Waals surface area contributed by atoms with E-state index in [2.05, 4.69) is 0 Å². The third-order valence-corrected chi connectivity index (χ3v) is 1.76. The van der Waals surface area contributed by atoms with Gasteiger partial charge in [-0.25, -0.2) is 4.79 Å². The number of aliphatic carboxylic acids is 1. The number of carboxylic acid groups (broad SMARTS) is 1. The number of hydrogen-bond acceptors (Lipinski definition) is 2. The van der Waals surface area contributed by atoms with Crippen molar-refractivity contribution >= 4 is 11.7 Å². The summed E-state index contributed by atoms with van der Waals surface area (Å²) in [4.78, 5) is 10.3. The van der Waals surface area contributed by atoms with Crippen molar-refractivity contribution in [1.82, 2.24) is 0 Å². The Morgan fingerprint density at radius 2 is 1.92 bits per heavy atom. The molecule has 1 aromatic carbocycles. The van der Waals surface area contributed by atoms with Gasteiger partial charge >= 0.3 is 5.97 Å². The first-order chi connectivity index (χ1) is 6.09. The molecule has 68 valence electrons. The van der Waals surface area contributed by atoms with Gasteiger partial charge in [0.2, 0.25) is 0 Å². The summed E-state index contributed by atoms with van der Waals surface area (Å²) in [6.07, 6.45) is 0.190. The van der Waals surface area contributed by atoms with E-state index >= 15 is 0 Å². The number of carbonyl (C=O) groups is 1. The first-order valence-corrected chi connectivity index (χ1v) is 3.96. The fraction of sp³-hybridized carbons (Fsp3) is 0.200. The van der Waals surface area contributed by atoms with Crippen LogP contribution < -0.4 is 0 Å². The predicted molar refractivity (Wildman–Crippen MR) is 50.2 cm³/mol. The molecule has 0 aliphatic rings. The van der Waals surface area contributed by atoms with Crippen LogP contribution in [0.5, 0.6) is 0 Å². The van der Waals surface area contributed by atoms with Crippen molar-refractivity contribution in [2.45, 2.75) is 13.3 Å². The molecular formula is C10H11NO2. The van der Waals surface area contributed by atoms with E-state index in [-0.39, 0.29) is 12.1 Å². The highest BCUT2D eigenvalue weighted by Crippen LogP contribution is 2.04. The third-order valence-electron chi connectivity index (χ3n) is 1.76. The molecule has 0 heterocycles. The summed E-state index contributed by atoms with van der Waals surface area (Å²) >= 11 is 0. The molecule has 13 heavy (non-hydrogen) atoms. The van der Waals surface area contributed by atoms with Gasteiger partial charge in [0.1, 0.15) is 5.71 Å². The van der Waals surface area contributed by atoms with E-state index in [9.17, 15) is 4.79 Å². The summed E-state index contributed by atoms with van der Waals surface area (Å²) < 4.78 is 0. The highest BCUT2D eigenvalue weighted by molar-refractivity contribution is 6.34. The Kier molecular flexibility index (Phi) is 2.80. The molecule has 0 saturated heterocycles. The lowest BCUT2D eigenvalue weighted by atomic mass is 10.1. The molecule has 0 amide bonds. The average Bonchev–Trinajstić information content (AvgIpc) is 2.08. The van der Waals surface area contributed by atoms with Gasteiger partial charge < -0.3 is 5.11 Å². The lowest BCUT2D eigenvalue weighted by Crippen LogP contribution is -2.14. The number of nitrogens with one attached hydrogen (secondary N) is 1. The lowest BCUT2D eigenvalue weighted by Gasteiger charge is -1.99. The number of aryl methyl sites for hydroxylation is 1. The van der Waals surface area contributed by atoms with Crippen molar-refractivity contribution in [3.8, 4) is 0 Å². The van der Waals surface area contributed by atoms with Gasteiger partial charge in [-0.3, -0.25) is 5.41 Å². The quantitative estimate of drug-likeness (QED) is 0.689. The van der Waals surface area contributed by atoms with Gasteiger partial charge in [0.25, 0.3) is 0 Å². The Balaban J connectivity index is 2.70. The first kappa shape index (κ1) is 9.45. The molecule has 0 spiro atoms. The van der Waals surface area contributed by atoms with E-state index < -0.39 is 5.97 Å². The maximum absolute atomic E-state index is 10.3. The fourth-order valence-electron chi connectivity index (χ4n) is 0.986. The van der Waals surface area contributed by atoms with Crippen LogP contribution >= 0.6 is 0 Å². The summed E-state index contributed by atoms with van der Waals surface area (Å²) in [5, 5.41) is 15.6. The van der Waals surface area contributed by atoms with Gasteiger partial charge in [-0.1, -0.05) is 29.8 Å². The van der Waals surface area contributed by atoms with Crippen molar-refractivity contribution in [3.05, 3.63) is 35.4 Å². The minimum absolute atomic E-state index is 0.190. The van der Waals surface area contributed by atoms with Crippen LogP contribution in [0, 0.1) is 12.3 Å². The van der Waals surface area contributed by atoms with Crippen molar-refractivity contribution in [3.63, 3.8) is 0 Å². The minimum atomic E-state index is -1.15. The van der Waals surface area contributed by atoms with Gasteiger partial charge in [-0.05, 0) is 12.5 Å². The summed E-state index contributed by atoms with van der Waals surface area (Å²) in [6, 6.07) is 7.49. The molecule has 1 rings (SSSR count). The zero-order valence-corrected chi connectivity index (χ0v) is 7.37. The highest BCUT2D eigenvalue weighted by atomic mass is 16.4. The molecule has 0 fully saturated rings. The second kappa shape index (κ2) is 3.85. The molecule has 1 aromatic rings. The van der Waals surface area contributed by atoms with Crippen molar-refractivity contribution < 1.29 is 9.90 Å². The van der Waals surface area contributed by atoms with Gasteiger partial charge in [0, 0.05) is 6.42 Å². The van der Waals surface area contributed by atoms with Crippen LogP contribution in [0.4, 0.5) is 0 Å².